The molecule has 4 nitrogen and oxygen atoms in total. The van der Waals surface area contributed by atoms with Crippen molar-refractivity contribution in [1.29, 1.82) is 0 Å². The van der Waals surface area contributed by atoms with Crippen LogP contribution in [-0.2, 0) is 11.6 Å². The van der Waals surface area contributed by atoms with Crippen molar-refractivity contribution >= 4 is 0 Å². The summed E-state index contributed by atoms with van der Waals surface area (Å²) in [6.45, 7) is 1.59. The third-order valence-electron chi connectivity index (χ3n) is 4.52. The van der Waals surface area contributed by atoms with Crippen LogP contribution in [0, 0.1) is 0 Å². The molecule has 7 heteroatoms. The van der Waals surface area contributed by atoms with Gasteiger partial charge in [0, 0.05) is 24.0 Å². The lowest BCUT2D eigenvalue weighted by Gasteiger charge is -2.54. The van der Waals surface area contributed by atoms with Gasteiger partial charge < -0.3 is 10.2 Å². The fourth-order valence-electron chi connectivity index (χ4n) is 3.55. The molecule has 0 aromatic carbocycles. The molecule has 24 heavy (non-hydrogen) atoms. The van der Waals surface area contributed by atoms with Gasteiger partial charge in [-0.05, 0) is 43.5 Å². The average Bonchev–Trinajstić information content (AvgIpc) is 2.51. The van der Waals surface area contributed by atoms with E-state index in [1.165, 1.54) is 12.4 Å². The van der Waals surface area contributed by atoms with Gasteiger partial charge in [0.25, 0.3) is 0 Å². The van der Waals surface area contributed by atoms with Crippen LogP contribution in [0.5, 0.6) is 0 Å². The van der Waals surface area contributed by atoms with Crippen LogP contribution < -0.4 is 0 Å². The molecule has 1 saturated carbocycles. The number of hydrogen-bond donors (Lipinski definition) is 2. The van der Waals surface area contributed by atoms with E-state index in [-0.39, 0.29) is 18.4 Å². The highest BCUT2D eigenvalue weighted by atomic mass is 19.4. The highest BCUT2D eigenvalue weighted by molar-refractivity contribution is 5.36. The highest BCUT2D eigenvalue weighted by Crippen LogP contribution is 2.56. The van der Waals surface area contributed by atoms with E-state index in [0.717, 1.165) is 12.3 Å². The first-order valence-corrected chi connectivity index (χ1v) is 7.48. The van der Waals surface area contributed by atoms with E-state index < -0.39 is 28.9 Å². The zero-order chi connectivity index (χ0) is 17.6. The summed E-state index contributed by atoms with van der Waals surface area (Å²) in [6, 6.07) is 5.99. The lowest BCUT2D eigenvalue weighted by atomic mass is 9.53. The molecule has 3 rings (SSSR count). The maximum Gasteiger partial charge on any atom is 0.417 e. The SMILES string of the molecule is C[C@]1(O)C[C@@](c2cncc(C(F)(F)F)c2)([C@H](O)c2ccccn2)C1. The van der Waals surface area contributed by atoms with Crippen LogP contribution in [0.2, 0.25) is 0 Å². The number of hydrogen-bond acceptors (Lipinski definition) is 4. The predicted octanol–water partition coefficient (Wildman–Crippen LogP) is 3.01. The molecule has 1 fully saturated rings. The van der Waals surface area contributed by atoms with Gasteiger partial charge in [-0.2, -0.15) is 13.2 Å². The first kappa shape index (κ1) is 16.9. The number of aliphatic hydroxyl groups is 2. The summed E-state index contributed by atoms with van der Waals surface area (Å²) in [6.07, 6.45) is -1.83. The summed E-state index contributed by atoms with van der Waals surface area (Å²) in [7, 11) is 0. The summed E-state index contributed by atoms with van der Waals surface area (Å²) >= 11 is 0. The fourth-order valence-corrected chi connectivity index (χ4v) is 3.55. The van der Waals surface area contributed by atoms with Gasteiger partial charge in [-0.15, -0.1) is 0 Å². The molecule has 0 spiro atoms. The number of aromatic nitrogens is 2. The van der Waals surface area contributed by atoms with Crippen molar-refractivity contribution in [2.45, 2.75) is 43.1 Å². The molecular formula is C17H17F3N2O2. The second-order valence-electron chi connectivity index (χ2n) is 6.62. The van der Waals surface area contributed by atoms with Crippen molar-refractivity contribution in [3.8, 4) is 0 Å². The third-order valence-corrected chi connectivity index (χ3v) is 4.52. The second-order valence-corrected chi connectivity index (χ2v) is 6.62. The molecule has 2 heterocycles. The lowest BCUT2D eigenvalue weighted by Crippen LogP contribution is -2.56. The maximum atomic E-state index is 13.0. The van der Waals surface area contributed by atoms with E-state index in [0.29, 0.717) is 5.69 Å². The minimum absolute atomic E-state index is 0.126. The smallest absolute Gasteiger partial charge is 0.390 e. The molecule has 1 aliphatic rings. The van der Waals surface area contributed by atoms with E-state index in [1.54, 1.807) is 25.1 Å². The van der Waals surface area contributed by atoms with Gasteiger partial charge >= 0.3 is 6.18 Å². The Morgan fingerprint density at radius 1 is 1.21 bits per heavy atom. The molecule has 0 radical (unpaired) electrons. The molecule has 0 amide bonds. The molecular weight excluding hydrogens is 321 g/mol. The van der Waals surface area contributed by atoms with Crippen LogP contribution in [0.4, 0.5) is 13.2 Å². The number of halogens is 3. The molecule has 0 unspecified atom stereocenters. The number of aliphatic hydroxyl groups excluding tert-OH is 1. The van der Waals surface area contributed by atoms with Crippen LogP contribution in [0.15, 0.2) is 42.9 Å². The van der Waals surface area contributed by atoms with Gasteiger partial charge in [-0.3, -0.25) is 9.97 Å². The number of rotatable bonds is 3. The van der Waals surface area contributed by atoms with Crippen molar-refractivity contribution < 1.29 is 23.4 Å². The van der Waals surface area contributed by atoms with E-state index >= 15 is 0 Å². The Morgan fingerprint density at radius 2 is 1.92 bits per heavy atom. The summed E-state index contributed by atoms with van der Waals surface area (Å²) in [5.41, 5.74) is -2.37. The zero-order valence-corrected chi connectivity index (χ0v) is 13.0. The van der Waals surface area contributed by atoms with E-state index in [4.69, 9.17) is 0 Å². The standard InChI is InChI=1S/C17H17F3N2O2/c1-15(24)9-16(10-15,14(23)13-4-2-3-5-22-13)11-6-12(8-21-7-11)17(18,19)20/h2-8,14,23-24H,9-10H2,1H3/t14-,15-,16+/m1/s1. The number of pyridine rings is 2. The monoisotopic (exact) mass is 338 g/mol. The topological polar surface area (TPSA) is 66.2 Å². The second kappa shape index (κ2) is 5.53. The Morgan fingerprint density at radius 3 is 2.46 bits per heavy atom. The zero-order valence-electron chi connectivity index (χ0n) is 13.0. The largest absolute Gasteiger partial charge is 0.417 e. The Bertz CT molecular complexity index is 724. The van der Waals surface area contributed by atoms with Crippen LogP contribution in [0.3, 0.4) is 0 Å². The predicted molar refractivity (Wildman–Crippen MR) is 80.0 cm³/mol. The molecule has 0 bridgehead atoms. The van der Waals surface area contributed by atoms with Gasteiger partial charge in [0.1, 0.15) is 6.10 Å². The molecule has 2 N–H and O–H groups in total. The third kappa shape index (κ3) is 2.89. The van der Waals surface area contributed by atoms with Gasteiger partial charge in [-0.25, -0.2) is 0 Å². The van der Waals surface area contributed by atoms with Gasteiger partial charge in [0.05, 0.1) is 16.9 Å². The molecule has 0 saturated heterocycles. The van der Waals surface area contributed by atoms with Crippen molar-refractivity contribution in [2.75, 3.05) is 0 Å². The van der Waals surface area contributed by atoms with E-state index in [9.17, 15) is 23.4 Å². The Hall–Kier alpha value is -1.99. The van der Waals surface area contributed by atoms with Gasteiger partial charge in [-0.1, -0.05) is 6.07 Å². The van der Waals surface area contributed by atoms with Crippen LogP contribution in [0.1, 0.15) is 42.7 Å². The van der Waals surface area contributed by atoms with E-state index in [2.05, 4.69) is 9.97 Å². The Balaban J connectivity index is 2.05. The van der Waals surface area contributed by atoms with Crippen molar-refractivity contribution in [2.24, 2.45) is 0 Å². The highest BCUT2D eigenvalue weighted by Gasteiger charge is 2.57. The summed E-state index contributed by atoms with van der Waals surface area (Å²) in [5, 5.41) is 20.9. The van der Waals surface area contributed by atoms with Crippen LogP contribution in [-0.4, -0.2) is 25.8 Å². The maximum absolute atomic E-state index is 13.0. The van der Waals surface area contributed by atoms with Gasteiger partial charge in [0.2, 0.25) is 0 Å². The van der Waals surface area contributed by atoms with Crippen molar-refractivity contribution in [3.63, 3.8) is 0 Å². The first-order valence-electron chi connectivity index (χ1n) is 7.48. The quantitative estimate of drug-likeness (QED) is 0.903. The average molecular weight is 338 g/mol. The Kier molecular flexibility index (Phi) is 3.88. The van der Waals surface area contributed by atoms with Crippen LogP contribution >= 0.6 is 0 Å². The molecule has 2 aromatic heterocycles. The molecule has 1 aliphatic carbocycles. The fraction of sp³-hybridized carbons (Fsp3) is 0.412. The normalized spacial score (nSPS) is 28.2. The minimum Gasteiger partial charge on any atom is -0.390 e. The first-order chi connectivity index (χ1) is 11.1. The van der Waals surface area contributed by atoms with Gasteiger partial charge in [0.15, 0.2) is 0 Å². The lowest BCUT2D eigenvalue weighted by molar-refractivity contribution is -0.138. The van der Waals surface area contributed by atoms with Crippen molar-refractivity contribution in [3.05, 3.63) is 59.7 Å². The molecule has 1 atom stereocenters. The molecule has 2 aromatic rings. The van der Waals surface area contributed by atoms with Crippen LogP contribution in [0.25, 0.3) is 0 Å². The number of alkyl halides is 3. The summed E-state index contributed by atoms with van der Waals surface area (Å²) in [4.78, 5) is 7.79. The number of nitrogens with zero attached hydrogens (tertiary/aromatic N) is 2. The van der Waals surface area contributed by atoms with Crippen molar-refractivity contribution in [1.82, 2.24) is 9.97 Å². The Labute approximate surface area is 137 Å². The molecule has 128 valence electrons. The summed E-state index contributed by atoms with van der Waals surface area (Å²) in [5.74, 6) is 0. The van der Waals surface area contributed by atoms with E-state index in [1.807, 2.05) is 0 Å². The molecule has 0 aliphatic heterocycles. The minimum atomic E-state index is -4.52. The summed E-state index contributed by atoms with van der Waals surface area (Å²) < 4.78 is 39.0.